The molecule has 2 bridgehead atoms. The molecule has 2 saturated heterocycles. The van der Waals surface area contributed by atoms with Crippen LogP contribution in [0.2, 0.25) is 6.82 Å². The Labute approximate surface area is 85.6 Å². The maximum atomic E-state index is 9.66. The largest absolute Gasteiger partial charge is 0.437 e. The molecule has 1 unspecified atom stereocenters. The lowest BCUT2D eigenvalue weighted by molar-refractivity contribution is -0.0472. The molecule has 0 radical (unpaired) electrons. The number of piperidine rings is 1. The SMILES string of the molecule is C#C[C@H]1CC2COC[C@H](C1)N2B(C)O. The van der Waals surface area contributed by atoms with Crippen LogP contribution in [0.1, 0.15) is 12.8 Å². The first-order chi connectivity index (χ1) is 6.72. The van der Waals surface area contributed by atoms with Gasteiger partial charge in [-0.2, -0.15) is 0 Å². The average molecular weight is 193 g/mol. The second kappa shape index (κ2) is 3.94. The Morgan fingerprint density at radius 3 is 2.43 bits per heavy atom. The molecule has 0 aromatic heterocycles. The molecule has 3 nitrogen and oxygen atoms in total. The van der Waals surface area contributed by atoms with Crippen molar-refractivity contribution in [1.82, 2.24) is 4.81 Å². The molecular formula is C10H16BNO2. The summed E-state index contributed by atoms with van der Waals surface area (Å²) in [7, 11) is -0.382. The summed E-state index contributed by atoms with van der Waals surface area (Å²) in [6.45, 7) is 3.24. The molecule has 2 rings (SSSR count). The Bertz CT molecular complexity index is 237. The van der Waals surface area contributed by atoms with Gasteiger partial charge in [-0.05, 0) is 19.7 Å². The molecule has 2 aliphatic rings. The Kier molecular flexibility index (Phi) is 2.82. The topological polar surface area (TPSA) is 32.7 Å². The summed E-state index contributed by atoms with van der Waals surface area (Å²) >= 11 is 0. The predicted octanol–water partition coefficient (Wildman–Crippen LogP) is 0.209. The van der Waals surface area contributed by atoms with Gasteiger partial charge in [0.1, 0.15) is 0 Å². The van der Waals surface area contributed by atoms with Crippen LogP contribution in [0.3, 0.4) is 0 Å². The van der Waals surface area contributed by atoms with E-state index in [-0.39, 0.29) is 7.05 Å². The van der Waals surface area contributed by atoms with Crippen molar-refractivity contribution in [2.24, 2.45) is 5.92 Å². The summed E-state index contributed by atoms with van der Waals surface area (Å²) in [6.07, 6.45) is 7.37. The van der Waals surface area contributed by atoms with Gasteiger partial charge in [0.25, 0.3) is 0 Å². The van der Waals surface area contributed by atoms with Crippen molar-refractivity contribution in [2.75, 3.05) is 13.2 Å². The van der Waals surface area contributed by atoms with Gasteiger partial charge in [-0.3, -0.25) is 0 Å². The van der Waals surface area contributed by atoms with Crippen molar-refractivity contribution in [2.45, 2.75) is 31.7 Å². The number of morpholine rings is 1. The molecular weight excluding hydrogens is 177 g/mol. The Hall–Kier alpha value is -0.495. The van der Waals surface area contributed by atoms with Crippen LogP contribution in [0.4, 0.5) is 0 Å². The van der Waals surface area contributed by atoms with Crippen LogP contribution in [0, 0.1) is 18.3 Å². The number of terminal acetylenes is 1. The van der Waals surface area contributed by atoms with Crippen molar-refractivity contribution >= 4 is 7.05 Å². The molecule has 0 aliphatic carbocycles. The fraction of sp³-hybridized carbons (Fsp3) is 0.800. The highest BCUT2D eigenvalue weighted by Crippen LogP contribution is 2.31. The minimum Gasteiger partial charge on any atom is -0.437 e. The van der Waals surface area contributed by atoms with Gasteiger partial charge in [-0.25, -0.2) is 0 Å². The van der Waals surface area contributed by atoms with Gasteiger partial charge in [0.15, 0.2) is 0 Å². The normalized spacial score (nSPS) is 37.6. The summed E-state index contributed by atoms with van der Waals surface area (Å²) in [6, 6.07) is 0.618. The summed E-state index contributed by atoms with van der Waals surface area (Å²) < 4.78 is 5.49. The standard InChI is InChI=1S/C10H16BNO2/c1-3-8-4-9-6-14-7-10(5-8)12(9)11(2)13/h1,8-10,13H,4-7H2,2H3/t8-,9+,10?/m1/s1. The van der Waals surface area contributed by atoms with Crippen molar-refractivity contribution in [3.05, 3.63) is 0 Å². The fourth-order valence-corrected chi connectivity index (χ4v) is 2.69. The number of ether oxygens (including phenoxy) is 1. The van der Waals surface area contributed by atoms with Gasteiger partial charge < -0.3 is 14.6 Å². The summed E-state index contributed by atoms with van der Waals surface area (Å²) in [5.74, 6) is 3.19. The lowest BCUT2D eigenvalue weighted by Crippen LogP contribution is -2.61. The van der Waals surface area contributed by atoms with Crippen LogP contribution < -0.4 is 0 Å². The van der Waals surface area contributed by atoms with Gasteiger partial charge in [-0.1, -0.05) is 0 Å². The van der Waals surface area contributed by atoms with Crippen LogP contribution >= 0.6 is 0 Å². The molecule has 2 heterocycles. The number of hydrogen-bond donors (Lipinski definition) is 1. The zero-order chi connectivity index (χ0) is 10.1. The first kappa shape index (κ1) is 10.0. The van der Waals surface area contributed by atoms with E-state index in [0.717, 1.165) is 12.8 Å². The van der Waals surface area contributed by atoms with Gasteiger partial charge in [0.05, 0.1) is 13.2 Å². The second-order valence-electron chi connectivity index (χ2n) is 4.26. The van der Waals surface area contributed by atoms with Gasteiger partial charge in [-0.15, -0.1) is 12.3 Å². The average Bonchev–Trinajstić information content (AvgIpc) is 2.15. The summed E-state index contributed by atoms with van der Waals surface area (Å²) in [5, 5.41) is 9.66. The van der Waals surface area contributed by atoms with Crippen LogP contribution in [0.25, 0.3) is 0 Å². The minimum atomic E-state index is -0.382. The molecule has 2 fully saturated rings. The van der Waals surface area contributed by atoms with Crippen LogP contribution in [-0.4, -0.2) is 42.2 Å². The molecule has 2 aliphatic heterocycles. The zero-order valence-corrected chi connectivity index (χ0v) is 8.52. The molecule has 4 heteroatoms. The van der Waals surface area contributed by atoms with Crippen molar-refractivity contribution in [1.29, 1.82) is 0 Å². The molecule has 0 aromatic carbocycles. The third kappa shape index (κ3) is 1.68. The Morgan fingerprint density at radius 2 is 2.00 bits per heavy atom. The predicted molar refractivity (Wildman–Crippen MR) is 55.6 cm³/mol. The first-order valence-electron chi connectivity index (χ1n) is 5.21. The van der Waals surface area contributed by atoms with E-state index in [1.165, 1.54) is 0 Å². The molecule has 0 spiro atoms. The van der Waals surface area contributed by atoms with Gasteiger partial charge >= 0.3 is 7.05 Å². The molecule has 14 heavy (non-hydrogen) atoms. The van der Waals surface area contributed by atoms with E-state index in [2.05, 4.69) is 10.7 Å². The van der Waals surface area contributed by atoms with E-state index in [0.29, 0.717) is 31.2 Å². The maximum absolute atomic E-state index is 9.66. The molecule has 76 valence electrons. The van der Waals surface area contributed by atoms with E-state index in [4.69, 9.17) is 11.2 Å². The molecule has 1 N–H and O–H groups in total. The molecule has 3 atom stereocenters. The summed E-state index contributed by atoms with van der Waals surface area (Å²) in [5.41, 5.74) is 0. The van der Waals surface area contributed by atoms with Crippen LogP contribution in [0.5, 0.6) is 0 Å². The number of hydrogen-bond acceptors (Lipinski definition) is 3. The number of fused-ring (bicyclic) bond motifs is 2. The van der Waals surface area contributed by atoms with E-state index < -0.39 is 0 Å². The third-order valence-electron chi connectivity index (χ3n) is 3.24. The van der Waals surface area contributed by atoms with Gasteiger partial charge in [0, 0.05) is 18.0 Å². The second-order valence-corrected chi connectivity index (χ2v) is 4.26. The highest BCUT2D eigenvalue weighted by Gasteiger charge is 2.41. The quantitative estimate of drug-likeness (QED) is 0.477. The Morgan fingerprint density at radius 1 is 1.43 bits per heavy atom. The highest BCUT2D eigenvalue weighted by molar-refractivity contribution is 6.45. The molecule has 0 aromatic rings. The van der Waals surface area contributed by atoms with Crippen molar-refractivity contribution < 1.29 is 9.76 Å². The highest BCUT2D eigenvalue weighted by atomic mass is 16.5. The minimum absolute atomic E-state index is 0.309. The van der Waals surface area contributed by atoms with Crippen LogP contribution in [0.15, 0.2) is 0 Å². The molecule has 0 amide bonds. The Balaban J connectivity index is 2.12. The van der Waals surface area contributed by atoms with Crippen molar-refractivity contribution in [3.63, 3.8) is 0 Å². The number of rotatable bonds is 1. The van der Waals surface area contributed by atoms with Gasteiger partial charge in [0.2, 0.25) is 0 Å². The van der Waals surface area contributed by atoms with E-state index in [9.17, 15) is 5.02 Å². The first-order valence-corrected chi connectivity index (χ1v) is 5.21. The van der Waals surface area contributed by atoms with Crippen LogP contribution in [-0.2, 0) is 4.74 Å². The van der Waals surface area contributed by atoms with E-state index in [1.54, 1.807) is 0 Å². The summed E-state index contributed by atoms with van der Waals surface area (Å²) in [4.78, 5) is 2.15. The lowest BCUT2D eigenvalue weighted by atomic mass is 9.73. The molecule has 0 saturated carbocycles. The fourth-order valence-electron chi connectivity index (χ4n) is 2.69. The smallest absolute Gasteiger partial charge is 0.377 e. The lowest BCUT2D eigenvalue weighted by Gasteiger charge is -2.48. The maximum Gasteiger partial charge on any atom is 0.377 e. The third-order valence-corrected chi connectivity index (χ3v) is 3.24. The van der Waals surface area contributed by atoms with E-state index in [1.807, 2.05) is 6.82 Å². The number of nitrogens with zero attached hydrogens (tertiary/aromatic N) is 1. The monoisotopic (exact) mass is 193 g/mol. The van der Waals surface area contributed by atoms with Crippen molar-refractivity contribution in [3.8, 4) is 12.3 Å². The zero-order valence-electron chi connectivity index (χ0n) is 8.52. The van der Waals surface area contributed by atoms with E-state index >= 15 is 0 Å².